The molecule has 1 aromatic heterocycles. The third-order valence-electron chi connectivity index (χ3n) is 10.3. The number of hydrogen-bond acceptors (Lipinski definition) is 2. The Kier molecular flexibility index (Phi) is 7.18. The van der Waals surface area contributed by atoms with Gasteiger partial charge in [0.25, 0.3) is 0 Å². The minimum atomic E-state index is 0.907. The van der Waals surface area contributed by atoms with Crippen molar-refractivity contribution < 1.29 is 4.42 Å². The normalized spacial score (nSPS) is 11.5. The van der Waals surface area contributed by atoms with Gasteiger partial charge in [0.15, 0.2) is 0 Å². The zero-order valence-electron chi connectivity index (χ0n) is 28.4. The number of para-hydroxylation sites is 2. The fourth-order valence-corrected chi connectivity index (χ4v) is 7.84. The Morgan fingerprint density at radius 2 is 0.923 bits per heavy atom. The lowest BCUT2D eigenvalue weighted by atomic mass is 9.90. The highest BCUT2D eigenvalue weighted by atomic mass is 16.3. The molecule has 2 nitrogen and oxygen atoms in total. The first kappa shape index (κ1) is 30.0. The Bertz CT molecular complexity index is 2890. The lowest BCUT2D eigenvalue weighted by Crippen LogP contribution is -2.11. The van der Waals surface area contributed by atoms with Crippen LogP contribution in [0.2, 0.25) is 0 Å². The van der Waals surface area contributed by atoms with Crippen LogP contribution >= 0.6 is 0 Å². The van der Waals surface area contributed by atoms with Crippen LogP contribution in [0.25, 0.3) is 76.9 Å². The van der Waals surface area contributed by atoms with E-state index in [1.165, 1.54) is 43.8 Å². The Balaban J connectivity index is 1.17. The smallest absolute Gasteiger partial charge is 0.135 e. The zero-order chi connectivity index (χ0) is 34.4. The molecule has 0 amide bonds. The molecule has 0 spiro atoms. The summed E-state index contributed by atoms with van der Waals surface area (Å²) in [7, 11) is 0. The maximum absolute atomic E-state index is 6.13. The molecule has 0 fully saturated rings. The van der Waals surface area contributed by atoms with Crippen LogP contribution in [-0.2, 0) is 0 Å². The molecule has 0 saturated heterocycles. The highest BCUT2D eigenvalue weighted by molar-refractivity contribution is 6.10. The summed E-state index contributed by atoms with van der Waals surface area (Å²) in [5.74, 6) is 0. The molecule has 0 bridgehead atoms. The van der Waals surface area contributed by atoms with Crippen LogP contribution in [0.15, 0.2) is 205 Å². The van der Waals surface area contributed by atoms with E-state index in [9.17, 15) is 0 Å². The van der Waals surface area contributed by atoms with E-state index in [0.29, 0.717) is 0 Å². The Hall–Kier alpha value is -6.90. The fraction of sp³-hybridized carbons (Fsp3) is 0. The Morgan fingerprint density at radius 1 is 0.327 bits per heavy atom. The van der Waals surface area contributed by atoms with Crippen LogP contribution in [0, 0.1) is 0 Å². The van der Waals surface area contributed by atoms with E-state index >= 15 is 0 Å². The largest absolute Gasteiger partial charge is 0.456 e. The van der Waals surface area contributed by atoms with Gasteiger partial charge in [0, 0.05) is 27.4 Å². The summed E-state index contributed by atoms with van der Waals surface area (Å²) >= 11 is 0. The van der Waals surface area contributed by atoms with Gasteiger partial charge in [0.05, 0.1) is 11.4 Å². The molecule has 9 aromatic carbocycles. The zero-order valence-corrected chi connectivity index (χ0v) is 28.4. The number of anilines is 3. The molecule has 0 radical (unpaired) electrons. The average Bonchev–Trinajstić information content (AvgIpc) is 3.59. The molecule has 0 unspecified atom stereocenters. The van der Waals surface area contributed by atoms with Crippen molar-refractivity contribution in [1.29, 1.82) is 0 Å². The van der Waals surface area contributed by atoms with Crippen molar-refractivity contribution in [3.8, 4) is 33.4 Å². The molecule has 1 heterocycles. The van der Waals surface area contributed by atoms with Gasteiger partial charge in [0.2, 0.25) is 0 Å². The molecule has 0 atom stereocenters. The molecule has 0 aliphatic rings. The van der Waals surface area contributed by atoms with Gasteiger partial charge >= 0.3 is 0 Å². The van der Waals surface area contributed by atoms with Crippen molar-refractivity contribution in [2.75, 3.05) is 4.90 Å². The highest BCUT2D eigenvalue weighted by Gasteiger charge is 2.21. The topological polar surface area (TPSA) is 16.4 Å². The summed E-state index contributed by atoms with van der Waals surface area (Å²) in [6, 6.07) is 71.8. The number of furan rings is 1. The van der Waals surface area contributed by atoms with E-state index in [1.807, 2.05) is 12.1 Å². The van der Waals surface area contributed by atoms with Gasteiger partial charge in [-0.1, -0.05) is 158 Å². The fourth-order valence-electron chi connectivity index (χ4n) is 7.84. The van der Waals surface area contributed by atoms with E-state index in [4.69, 9.17) is 4.42 Å². The highest BCUT2D eigenvalue weighted by Crippen LogP contribution is 2.46. The van der Waals surface area contributed by atoms with E-state index in [0.717, 1.165) is 50.1 Å². The Morgan fingerprint density at radius 3 is 1.79 bits per heavy atom. The minimum absolute atomic E-state index is 0.907. The van der Waals surface area contributed by atoms with Crippen molar-refractivity contribution in [2.45, 2.75) is 0 Å². The molecule has 0 N–H and O–H groups in total. The standard InChI is InChI=1S/C50H33NO/c1-2-13-36(14-3-1)41-22-10-17-37-18-11-23-44(50(37)41)42-20-6-8-24-47(42)51(46-25-12-16-35-15-4-5-19-40(35)46)39-30-27-34(28-31-39)38-29-32-49-45(33-38)43-21-7-9-26-48(43)52-49/h1-33H. The second kappa shape index (κ2) is 12.5. The quantitative estimate of drug-likeness (QED) is 0.176. The summed E-state index contributed by atoms with van der Waals surface area (Å²) in [4.78, 5) is 2.43. The first-order valence-electron chi connectivity index (χ1n) is 17.8. The number of benzene rings is 9. The second-order valence-corrected chi connectivity index (χ2v) is 13.3. The van der Waals surface area contributed by atoms with Crippen LogP contribution in [-0.4, -0.2) is 0 Å². The van der Waals surface area contributed by atoms with Crippen molar-refractivity contribution in [3.05, 3.63) is 200 Å². The van der Waals surface area contributed by atoms with Crippen molar-refractivity contribution >= 4 is 60.5 Å². The molecule has 0 aliphatic heterocycles. The maximum atomic E-state index is 6.13. The van der Waals surface area contributed by atoms with Gasteiger partial charge in [-0.2, -0.15) is 0 Å². The summed E-state index contributed by atoms with van der Waals surface area (Å²) in [6.45, 7) is 0. The molecule has 52 heavy (non-hydrogen) atoms. The molecule has 10 aromatic rings. The van der Waals surface area contributed by atoms with Crippen LogP contribution in [0.5, 0.6) is 0 Å². The van der Waals surface area contributed by atoms with Crippen LogP contribution in [0.1, 0.15) is 0 Å². The lowest BCUT2D eigenvalue weighted by Gasteiger charge is -2.29. The molecule has 10 rings (SSSR count). The number of nitrogens with zero attached hydrogens (tertiary/aromatic N) is 1. The first-order valence-corrected chi connectivity index (χ1v) is 17.8. The van der Waals surface area contributed by atoms with Gasteiger partial charge in [-0.25, -0.2) is 0 Å². The lowest BCUT2D eigenvalue weighted by molar-refractivity contribution is 0.669. The average molecular weight is 664 g/mol. The number of rotatable bonds is 6. The second-order valence-electron chi connectivity index (χ2n) is 13.3. The third kappa shape index (κ3) is 5.04. The summed E-state index contributed by atoms with van der Waals surface area (Å²) in [5, 5.41) is 7.14. The van der Waals surface area contributed by atoms with Gasteiger partial charge in [-0.05, 0) is 86.4 Å². The summed E-state index contributed by atoms with van der Waals surface area (Å²) in [5.41, 5.74) is 12.3. The summed E-state index contributed by atoms with van der Waals surface area (Å²) in [6.07, 6.45) is 0. The van der Waals surface area contributed by atoms with Crippen LogP contribution in [0.3, 0.4) is 0 Å². The number of hydrogen-bond donors (Lipinski definition) is 0. The molecule has 0 aliphatic carbocycles. The minimum Gasteiger partial charge on any atom is -0.456 e. The van der Waals surface area contributed by atoms with Gasteiger partial charge in [-0.15, -0.1) is 0 Å². The van der Waals surface area contributed by atoms with Crippen LogP contribution in [0.4, 0.5) is 17.1 Å². The van der Waals surface area contributed by atoms with Crippen molar-refractivity contribution in [2.24, 2.45) is 0 Å². The van der Waals surface area contributed by atoms with Gasteiger partial charge < -0.3 is 9.32 Å². The number of fused-ring (bicyclic) bond motifs is 5. The molecule has 0 saturated carbocycles. The van der Waals surface area contributed by atoms with E-state index in [-0.39, 0.29) is 0 Å². The monoisotopic (exact) mass is 663 g/mol. The van der Waals surface area contributed by atoms with Crippen molar-refractivity contribution in [1.82, 2.24) is 0 Å². The predicted molar refractivity (Wildman–Crippen MR) is 220 cm³/mol. The van der Waals surface area contributed by atoms with Gasteiger partial charge in [-0.3, -0.25) is 0 Å². The predicted octanol–water partition coefficient (Wildman–Crippen LogP) is 14.4. The summed E-state index contributed by atoms with van der Waals surface area (Å²) < 4.78 is 6.13. The van der Waals surface area contributed by atoms with Crippen LogP contribution < -0.4 is 4.90 Å². The van der Waals surface area contributed by atoms with E-state index in [2.05, 4.69) is 193 Å². The SMILES string of the molecule is c1ccc(-c2cccc3cccc(-c4ccccc4N(c4ccc(-c5ccc6oc7ccccc7c6c5)cc4)c4cccc5ccccc45)c23)cc1. The Labute approximate surface area is 302 Å². The van der Waals surface area contributed by atoms with E-state index in [1.54, 1.807) is 0 Å². The van der Waals surface area contributed by atoms with Crippen molar-refractivity contribution in [3.63, 3.8) is 0 Å². The third-order valence-corrected chi connectivity index (χ3v) is 10.3. The molecule has 244 valence electrons. The molecular weight excluding hydrogens is 631 g/mol. The van der Waals surface area contributed by atoms with E-state index < -0.39 is 0 Å². The first-order chi connectivity index (χ1) is 25.8. The molecule has 2 heteroatoms. The van der Waals surface area contributed by atoms with Gasteiger partial charge in [0.1, 0.15) is 11.2 Å². The molecular formula is C50H33NO. The maximum Gasteiger partial charge on any atom is 0.135 e.